The molecule has 0 aliphatic rings. The zero-order valence-corrected chi connectivity index (χ0v) is 12.6. The van der Waals surface area contributed by atoms with Crippen LogP contribution in [0.3, 0.4) is 0 Å². The van der Waals surface area contributed by atoms with E-state index >= 15 is 0 Å². The van der Waals surface area contributed by atoms with Crippen molar-refractivity contribution in [2.24, 2.45) is 4.99 Å². The third-order valence-electron chi connectivity index (χ3n) is 2.37. The molecule has 0 aliphatic carbocycles. The maximum Gasteiger partial charge on any atom is 0.274 e. The van der Waals surface area contributed by atoms with E-state index in [1.54, 1.807) is 11.3 Å². The standard InChI is InChI=1S/C14H16NOSSi/c1-11-6-4-8-13(14(11)16-18(2)3)15-10-12-7-5-9-17-12/h4-10H,1-3H3. The van der Waals surface area contributed by atoms with Gasteiger partial charge in [-0.1, -0.05) is 18.2 Å². The molecule has 0 amide bonds. The third-order valence-corrected chi connectivity index (χ3v) is 3.79. The van der Waals surface area contributed by atoms with Gasteiger partial charge in [-0.15, -0.1) is 11.3 Å². The van der Waals surface area contributed by atoms with E-state index in [1.165, 1.54) is 0 Å². The normalized spacial score (nSPS) is 11.3. The van der Waals surface area contributed by atoms with Gasteiger partial charge in [0.25, 0.3) is 9.04 Å². The molecule has 1 aromatic carbocycles. The van der Waals surface area contributed by atoms with Gasteiger partial charge in [0.1, 0.15) is 11.4 Å². The smallest absolute Gasteiger partial charge is 0.274 e. The van der Waals surface area contributed by atoms with Crippen LogP contribution in [0.25, 0.3) is 0 Å². The van der Waals surface area contributed by atoms with E-state index in [2.05, 4.69) is 37.1 Å². The Morgan fingerprint density at radius 3 is 2.72 bits per heavy atom. The molecule has 0 N–H and O–H groups in total. The highest BCUT2D eigenvalue weighted by atomic mass is 32.1. The largest absolute Gasteiger partial charge is 0.541 e. The Morgan fingerprint density at radius 2 is 2.06 bits per heavy atom. The molecular weight excluding hydrogens is 258 g/mol. The quantitative estimate of drug-likeness (QED) is 0.597. The number of thiophene rings is 1. The Balaban J connectivity index is 2.29. The second-order valence-corrected chi connectivity index (χ2v) is 7.21. The van der Waals surface area contributed by atoms with Gasteiger partial charge in [-0.2, -0.15) is 0 Å². The van der Waals surface area contributed by atoms with Crippen LogP contribution in [0.2, 0.25) is 13.1 Å². The van der Waals surface area contributed by atoms with Crippen molar-refractivity contribution in [1.29, 1.82) is 0 Å². The van der Waals surface area contributed by atoms with Gasteiger partial charge in [0.15, 0.2) is 0 Å². The molecule has 0 saturated heterocycles. The topological polar surface area (TPSA) is 21.6 Å². The SMILES string of the molecule is Cc1cccc(N=Cc2cccs2)c1O[Si](C)C. The number of aliphatic imine (C=N–C) groups is 1. The number of hydrogen-bond donors (Lipinski definition) is 0. The zero-order valence-electron chi connectivity index (χ0n) is 10.8. The first-order valence-electron chi connectivity index (χ1n) is 5.82. The predicted octanol–water partition coefficient (Wildman–Crippen LogP) is 4.44. The molecule has 2 rings (SSSR count). The average Bonchev–Trinajstić information content (AvgIpc) is 2.82. The molecule has 0 spiro atoms. The molecule has 0 atom stereocenters. The van der Waals surface area contributed by atoms with E-state index in [1.807, 2.05) is 29.8 Å². The molecule has 2 nitrogen and oxygen atoms in total. The van der Waals surface area contributed by atoms with Gasteiger partial charge in [0, 0.05) is 11.1 Å². The second-order valence-electron chi connectivity index (χ2n) is 4.21. The van der Waals surface area contributed by atoms with Crippen LogP contribution in [-0.2, 0) is 0 Å². The molecule has 1 heterocycles. The first kappa shape index (κ1) is 13.0. The molecule has 0 fully saturated rings. The number of rotatable bonds is 4. The first-order valence-corrected chi connectivity index (χ1v) is 9.11. The highest BCUT2D eigenvalue weighted by molar-refractivity contribution is 7.11. The van der Waals surface area contributed by atoms with E-state index in [9.17, 15) is 0 Å². The van der Waals surface area contributed by atoms with Crippen molar-refractivity contribution in [3.05, 3.63) is 46.2 Å². The lowest BCUT2D eigenvalue weighted by molar-refractivity contribution is 0.577. The lowest BCUT2D eigenvalue weighted by Gasteiger charge is -2.13. The fraction of sp³-hybridized carbons (Fsp3) is 0.214. The predicted molar refractivity (Wildman–Crippen MR) is 80.9 cm³/mol. The van der Waals surface area contributed by atoms with Gasteiger partial charge < -0.3 is 4.43 Å². The van der Waals surface area contributed by atoms with Gasteiger partial charge in [0.2, 0.25) is 0 Å². The summed E-state index contributed by atoms with van der Waals surface area (Å²) in [4.78, 5) is 5.69. The molecule has 1 aromatic heterocycles. The maximum absolute atomic E-state index is 5.94. The van der Waals surface area contributed by atoms with Crippen LogP contribution in [0.5, 0.6) is 5.75 Å². The minimum absolute atomic E-state index is 0.774. The van der Waals surface area contributed by atoms with Gasteiger partial charge in [-0.05, 0) is 43.1 Å². The van der Waals surface area contributed by atoms with E-state index < -0.39 is 9.04 Å². The van der Waals surface area contributed by atoms with Gasteiger partial charge >= 0.3 is 0 Å². The lowest BCUT2D eigenvalue weighted by Crippen LogP contribution is -2.12. The molecule has 2 aromatic rings. The highest BCUT2D eigenvalue weighted by Gasteiger charge is 2.08. The van der Waals surface area contributed by atoms with Crippen molar-refractivity contribution < 1.29 is 4.43 Å². The summed E-state index contributed by atoms with van der Waals surface area (Å²) in [6.45, 7) is 6.32. The number of nitrogens with zero attached hydrogens (tertiary/aromatic N) is 1. The van der Waals surface area contributed by atoms with E-state index in [0.717, 1.165) is 21.9 Å². The van der Waals surface area contributed by atoms with Crippen molar-refractivity contribution >= 4 is 32.3 Å². The van der Waals surface area contributed by atoms with Crippen molar-refractivity contribution in [2.45, 2.75) is 20.0 Å². The number of hydrogen-bond acceptors (Lipinski definition) is 3. The molecule has 1 radical (unpaired) electrons. The Hall–Kier alpha value is -1.39. The average molecular weight is 274 g/mol. The number of aryl methyl sites for hydroxylation is 1. The Labute approximate surface area is 114 Å². The van der Waals surface area contributed by atoms with Crippen LogP contribution in [0.1, 0.15) is 10.4 Å². The minimum Gasteiger partial charge on any atom is -0.541 e. The van der Waals surface area contributed by atoms with Crippen molar-refractivity contribution in [3.63, 3.8) is 0 Å². The third kappa shape index (κ3) is 3.30. The number of benzene rings is 1. The summed E-state index contributed by atoms with van der Waals surface area (Å²) < 4.78 is 5.94. The Bertz CT molecular complexity index is 535. The van der Waals surface area contributed by atoms with Crippen LogP contribution in [0, 0.1) is 6.92 Å². The molecular formula is C14H16NOSSi. The molecule has 0 bridgehead atoms. The molecule has 0 aliphatic heterocycles. The van der Waals surface area contributed by atoms with Crippen LogP contribution in [-0.4, -0.2) is 15.3 Å². The summed E-state index contributed by atoms with van der Waals surface area (Å²) in [5, 5.41) is 2.05. The van der Waals surface area contributed by atoms with Gasteiger partial charge in [-0.25, -0.2) is 0 Å². The van der Waals surface area contributed by atoms with E-state index in [0.29, 0.717) is 0 Å². The first-order chi connectivity index (χ1) is 8.66. The monoisotopic (exact) mass is 274 g/mol. The maximum atomic E-state index is 5.94. The van der Waals surface area contributed by atoms with Crippen LogP contribution in [0.15, 0.2) is 40.7 Å². The highest BCUT2D eigenvalue weighted by Crippen LogP contribution is 2.31. The summed E-state index contributed by atoms with van der Waals surface area (Å²) in [6.07, 6.45) is 1.89. The van der Waals surface area contributed by atoms with Crippen molar-refractivity contribution in [3.8, 4) is 5.75 Å². The van der Waals surface area contributed by atoms with Crippen LogP contribution >= 0.6 is 11.3 Å². The molecule has 18 heavy (non-hydrogen) atoms. The fourth-order valence-corrected chi connectivity index (χ4v) is 2.83. The van der Waals surface area contributed by atoms with E-state index in [4.69, 9.17) is 4.43 Å². The van der Waals surface area contributed by atoms with Gasteiger partial charge in [-0.3, -0.25) is 4.99 Å². The number of para-hydroxylation sites is 1. The van der Waals surface area contributed by atoms with Crippen LogP contribution < -0.4 is 4.43 Å². The summed E-state index contributed by atoms with van der Waals surface area (Å²) in [5.74, 6) is 0.921. The van der Waals surface area contributed by atoms with Gasteiger partial charge in [0.05, 0.1) is 0 Å². The molecule has 4 heteroatoms. The minimum atomic E-state index is -0.774. The molecule has 0 unspecified atom stereocenters. The van der Waals surface area contributed by atoms with Crippen molar-refractivity contribution in [1.82, 2.24) is 0 Å². The Morgan fingerprint density at radius 1 is 1.22 bits per heavy atom. The van der Waals surface area contributed by atoms with E-state index in [-0.39, 0.29) is 0 Å². The summed E-state index contributed by atoms with van der Waals surface area (Å²) in [5.41, 5.74) is 2.05. The fourth-order valence-electron chi connectivity index (χ4n) is 1.57. The zero-order chi connectivity index (χ0) is 13.0. The summed E-state index contributed by atoms with van der Waals surface area (Å²) >= 11 is 1.68. The summed E-state index contributed by atoms with van der Waals surface area (Å²) in [7, 11) is -0.774. The lowest BCUT2D eigenvalue weighted by atomic mass is 10.2. The van der Waals surface area contributed by atoms with Crippen LogP contribution in [0.4, 0.5) is 5.69 Å². The molecule has 93 valence electrons. The second kappa shape index (κ2) is 5.98. The van der Waals surface area contributed by atoms with Crippen molar-refractivity contribution in [2.75, 3.05) is 0 Å². The Kier molecular flexibility index (Phi) is 4.33. The molecule has 0 saturated carbocycles. The summed E-state index contributed by atoms with van der Waals surface area (Å²) in [6, 6.07) is 10.2.